The highest BCUT2D eigenvalue weighted by molar-refractivity contribution is 5.97. The maximum absolute atomic E-state index is 11.5. The van der Waals surface area contributed by atoms with Crippen LogP contribution in [-0.2, 0) is 31.9 Å². The minimum Gasteiger partial charge on any atom is -0.469 e. The van der Waals surface area contributed by atoms with Crippen LogP contribution >= 0.6 is 12.4 Å². The fourth-order valence-electron chi connectivity index (χ4n) is 4.28. The Bertz CT molecular complexity index is 1120. The number of benzene rings is 2. The van der Waals surface area contributed by atoms with E-state index >= 15 is 0 Å². The Morgan fingerprint density at radius 3 is 1.91 bits per heavy atom. The van der Waals surface area contributed by atoms with Gasteiger partial charge in [0.1, 0.15) is 0 Å². The lowest BCUT2D eigenvalue weighted by Crippen LogP contribution is -2.14. The van der Waals surface area contributed by atoms with E-state index in [2.05, 4.69) is 15.9 Å². The van der Waals surface area contributed by atoms with Crippen LogP contribution in [0.15, 0.2) is 41.6 Å². The van der Waals surface area contributed by atoms with Gasteiger partial charge in [-0.05, 0) is 48.4 Å². The molecular weight excluding hydrogens is 476 g/mol. The molecular formula is C24H29ClN4O6. The van der Waals surface area contributed by atoms with Gasteiger partial charge < -0.3 is 25.6 Å². The predicted molar refractivity (Wildman–Crippen MR) is 131 cm³/mol. The van der Waals surface area contributed by atoms with E-state index in [0.717, 1.165) is 47.9 Å². The molecule has 0 saturated carbocycles. The molecule has 0 aliphatic heterocycles. The SMILES string of the molecule is COC(=O)C1CCc2cc(C(N)=NO)ccc21.Cl.NO.[C-]#[N+]c1ccc2c(c1)CCC2C(=O)OC. The topological polar surface area (TPSA) is 162 Å². The number of carbonyl (C=O) groups is 2. The van der Waals surface area contributed by atoms with Crippen molar-refractivity contribution in [3.8, 4) is 0 Å². The Kier molecular flexibility index (Phi) is 11.7. The molecule has 2 aliphatic carbocycles. The third kappa shape index (κ3) is 6.70. The largest absolute Gasteiger partial charge is 0.469 e. The molecule has 0 spiro atoms. The summed E-state index contributed by atoms with van der Waals surface area (Å²) in [5, 5.41) is 18.1. The summed E-state index contributed by atoms with van der Waals surface area (Å²) in [6, 6.07) is 10.9. The second-order valence-corrected chi connectivity index (χ2v) is 7.62. The minimum absolute atomic E-state index is 0. The molecule has 2 aromatic carbocycles. The summed E-state index contributed by atoms with van der Waals surface area (Å²) in [5.74, 6) is 2.88. The first kappa shape index (κ1) is 29.4. The van der Waals surface area contributed by atoms with Crippen molar-refractivity contribution in [2.75, 3.05) is 14.2 Å². The fourth-order valence-corrected chi connectivity index (χ4v) is 4.28. The zero-order chi connectivity index (χ0) is 25.3. The van der Waals surface area contributed by atoms with Crippen molar-refractivity contribution in [2.45, 2.75) is 37.5 Å². The standard InChI is InChI=1S/C12H14N2O3.C12H11NO2.ClH.H3NO/c1-17-12(15)10-5-2-7-6-8(11(13)14-16)3-4-9(7)10;1-13-9-4-6-10-8(7-9)3-5-11(10)12(14)15-2;;1-2/h3-4,6,10,16H,2,5H2,1H3,(H2,13,14);4,6-7,11H,3,5H2,2H3;1H;2H,1H2. The molecule has 2 atom stereocenters. The van der Waals surface area contributed by atoms with Crippen LogP contribution in [0.1, 0.15) is 52.5 Å². The van der Waals surface area contributed by atoms with Crippen molar-refractivity contribution < 1.29 is 29.5 Å². The van der Waals surface area contributed by atoms with Gasteiger partial charge in [-0.25, -0.2) is 10.7 Å². The Morgan fingerprint density at radius 1 is 0.971 bits per heavy atom. The molecule has 0 aromatic heterocycles. The zero-order valence-corrected chi connectivity index (χ0v) is 20.2. The maximum Gasteiger partial charge on any atom is 0.313 e. The van der Waals surface area contributed by atoms with Gasteiger partial charge in [-0.1, -0.05) is 41.1 Å². The van der Waals surface area contributed by atoms with Crippen molar-refractivity contribution in [1.82, 2.24) is 0 Å². The first-order valence-electron chi connectivity index (χ1n) is 10.5. The summed E-state index contributed by atoms with van der Waals surface area (Å²) in [4.78, 5) is 26.4. The lowest BCUT2D eigenvalue weighted by molar-refractivity contribution is -0.143. The van der Waals surface area contributed by atoms with Crippen molar-refractivity contribution in [3.05, 3.63) is 75.6 Å². The lowest BCUT2D eigenvalue weighted by Gasteiger charge is -2.09. The lowest BCUT2D eigenvalue weighted by atomic mass is 10.00. The van der Waals surface area contributed by atoms with Crippen LogP contribution < -0.4 is 11.6 Å². The van der Waals surface area contributed by atoms with Crippen molar-refractivity contribution >= 4 is 35.9 Å². The molecule has 6 N–H and O–H groups in total. The number of fused-ring (bicyclic) bond motifs is 2. The van der Waals surface area contributed by atoms with Crippen LogP contribution in [0.5, 0.6) is 0 Å². The summed E-state index contributed by atoms with van der Waals surface area (Å²) in [7, 11) is 2.80. The first-order chi connectivity index (χ1) is 16.4. The molecule has 0 amide bonds. The molecule has 0 heterocycles. The molecule has 35 heavy (non-hydrogen) atoms. The second-order valence-electron chi connectivity index (χ2n) is 7.62. The van der Waals surface area contributed by atoms with E-state index in [0.29, 0.717) is 11.3 Å². The number of aryl methyl sites for hydroxylation is 2. The Hall–Kier alpha value is -3.65. The molecule has 10 nitrogen and oxygen atoms in total. The molecule has 2 unspecified atom stereocenters. The summed E-state index contributed by atoms with van der Waals surface area (Å²) in [6.07, 6.45) is 3.21. The summed E-state index contributed by atoms with van der Waals surface area (Å²) < 4.78 is 9.51. The highest BCUT2D eigenvalue weighted by Crippen LogP contribution is 2.36. The molecule has 188 valence electrons. The number of methoxy groups -OCH3 is 2. The van der Waals surface area contributed by atoms with Gasteiger partial charge in [0.05, 0.1) is 32.6 Å². The van der Waals surface area contributed by atoms with Crippen molar-refractivity contribution in [2.24, 2.45) is 16.8 Å². The summed E-state index contributed by atoms with van der Waals surface area (Å²) in [6.45, 7) is 6.91. The molecule has 11 heteroatoms. The van der Waals surface area contributed by atoms with Gasteiger partial charge in [0.25, 0.3) is 0 Å². The summed E-state index contributed by atoms with van der Waals surface area (Å²) >= 11 is 0. The fraction of sp³-hybridized carbons (Fsp3) is 0.333. The highest BCUT2D eigenvalue weighted by atomic mass is 35.5. The predicted octanol–water partition coefficient (Wildman–Crippen LogP) is 3.18. The van der Waals surface area contributed by atoms with Gasteiger partial charge in [-0.2, -0.15) is 0 Å². The van der Waals surface area contributed by atoms with Gasteiger partial charge in [0.15, 0.2) is 11.5 Å². The second kappa shape index (κ2) is 13.9. The van der Waals surface area contributed by atoms with Crippen LogP contribution in [0.2, 0.25) is 0 Å². The molecule has 0 radical (unpaired) electrons. The van der Waals surface area contributed by atoms with Crippen LogP contribution in [0.3, 0.4) is 0 Å². The van der Waals surface area contributed by atoms with Gasteiger partial charge in [0, 0.05) is 5.56 Å². The van der Waals surface area contributed by atoms with Gasteiger partial charge >= 0.3 is 11.9 Å². The molecule has 4 rings (SSSR count). The number of amidine groups is 1. The molecule has 2 aliphatic rings. The summed E-state index contributed by atoms with van der Waals surface area (Å²) in [5.41, 5.74) is 11.0. The third-order valence-corrected chi connectivity index (χ3v) is 5.93. The van der Waals surface area contributed by atoms with Crippen molar-refractivity contribution in [3.63, 3.8) is 0 Å². The average Bonchev–Trinajstić information content (AvgIpc) is 3.52. The number of esters is 2. The van der Waals surface area contributed by atoms with E-state index in [1.54, 1.807) is 12.1 Å². The monoisotopic (exact) mass is 504 g/mol. The third-order valence-electron chi connectivity index (χ3n) is 5.93. The number of nitrogens with zero attached hydrogens (tertiary/aromatic N) is 2. The van der Waals surface area contributed by atoms with E-state index in [1.807, 2.05) is 24.3 Å². The van der Waals surface area contributed by atoms with Gasteiger partial charge in [-0.3, -0.25) is 9.59 Å². The minimum atomic E-state index is -0.208. The van der Waals surface area contributed by atoms with Gasteiger partial charge in [-0.15, -0.1) is 12.4 Å². The highest BCUT2D eigenvalue weighted by Gasteiger charge is 2.30. The average molecular weight is 505 g/mol. The van der Waals surface area contributed by atoms with Gasteiger partial charge in [0.2, 0.25) is 0 Å². The molecule has 0 saturated heterocycles. The van der Waals surface area contributed by atoms with Crippen LogP contribution in [0, 0.1) is 6.57 Å². The number of nitrogens with two attached hydrogens (primary N) is 2. The normalized spacial score (nSPS) is 17.1. The number of hydrogen-bond donors (Lipinski definition) is 4. The Morgan fingerprint density at radius 2 is 1.46 bits per heavy atom. The number of hydrogen-bond acceptors (Lipinski definition) is 8. The van der Waals surface area contributed by atoms with Crippen LogP contribution in [-0.4, -0.2) is 42.4 Å². The van der Waals surface area contributed by atoms with E-state index in [1.165, 1.54) is 14.2 Å². The van der Waals surface area contributed by atoms with E-state index in [-0.39, 0.29) is 42.0 Å². The first-order valence-corrected chi connectivity index (χ1v) is 10.5. The number of ether oxygens (including phenoxy) is 2. The van der Waals surface area contributed by atoms with E-state index in [9.17, 15) is 9.59 Å². The Labute approximate surface area is 209 Å². The number of halogens is 1. The quantitative estimate of drug-likeness (QED) is 0.124. The van der Waals surface area contributed by atoms with Crippen LogP contribution in [0.25, 0.3) is 4.85 Å². The van der Waals surface area contributed by atoms with E-state index in [4.69, 9.17) is 32.2 Å². The smallest absolute Gasteiger partial charge is 0.313 e. The van der Waals surface area contributed by atoms with Crippen molar-refractivity contribution in [1.29, 1.82) is 0 Å². The zero-order valence-electron chi connectivity index (χ0n) is 19.4. The molecule has 0 bridgehead atoms. The molecule has 2 aromatic rings. The van der Waals surface area contributed by atoms with Crippen LogP contribution in [0.4, 0.5) is 5.69 Å². The number of carbonyl (C=O) groups excluding carboxylic acids is 2. The number of oxime groups is 1. The van der Waals surface area contributed by atoms with E-state index < -0.39 is 0 Å². The number of rotatable bonds is 3. The maximum atomic E-state index is 11.5. The Balaban J connectivity index is 0.000000320. The molecule has 0 fully saturated rings.